The van der Waals surface area contributed by atoms with Gasteiger partial charge < -0.3 is 9.30 Å². The van der Waals surface area contributed by atoms with E-state index in [1.54, 1.807) is 24.3 Å². The molecular formula is C20H17ClFNO2. The summed E-state index contributed by atoms with van der Waals surface area (Å²) in [4.78, 5) is 12.5. The molecule has 0 bridgehead atoms. The Labute approximate surface area is 150 Å². The number of hydrogen-bond acceptors (Lipinski definition) is 2. The number of carbonyl (C=O) groups excluding carboxylic acids is 1. The minimum Gasteiger partial charge on any atom is -0.482 e. The molecule has 0 aliphatic rings. The number of Topliss-reactive ketones (excluding diaryl/α,β-unsaturated/α-hetero) is 1. The Hall–Kier alpha value is -2.59. The van der Waals surface area contributed by atoms with Crippen LogP contribution in [0.15, 0.2) is 54.6 Å². The van der Waals surface area contributed by atoms with Crippen LogP contribution in [0.25, 0.3) is 5.69 Å². The summed E-state index contributed by atoms with van der Waals surface area (Å²) in [5, 5.41) is 0.654. The highest BCUT2D eigenvalue weighted by molar-refractivity contribution is 6.30. The lowest BCUT2D eigenvalue weighted by atomic mass is 10.1. The molecule has 25 heavy (non-hydrogen) atoms. The van der Waals surface area contributed by atoms with Crippen molar-refractivity contribution in [2.75, 3.05) is 6.61 Å². The number of rotatable bonds is 5. The minimum atomic E-state index is -0.484. The fourth-order valence-corrected chi connectivity index (χ4v) is 2.94. The molecule has 0 aliphatic carbocycles. The third-order valence-corrected chi connectivity index (χ3v) is 4.26. The van der Waals surface area contributed by atoms with Crippen molar-refractivity contribution in [2.24, 2.45) is 0 Å². The summed E-state index contributed by atoms with van der Waals surface area (Å²) in [6.45, 7) is 3.58. The Kier molecular flexibility index (Phi) is 4.91. The Morgan fingerprint density at radius 1 is 1.12 bits per heavy atom. The molecule has 128 valence electrons. The van der Waals surface area contributed by atoms with Crippen LogP contribution < -0.4 is 4.74 Å². The zero-order valence-electron chi connectivity index (χ0n) is 13.9. The third kappa shape index (κ3) is 3.59. The van der Waals surface area contributed by atoms with Gasteiger partial charge in [-0.1, -0.05) is 23.7 Å². The van der Waals surface area contributed by atoms with Gasteiger partial charge in [0.1, 0.15) is 0 Å². The summed E-state index contributed by atoms with van der Waals surface area (Å²) < 4.78 is 20.9. The zero-order valence-corrected chi connectivity index (χ0v) is 14.7. The van der Waals surface area contributed by atoms with Crippen molar-refractivity contribution in [3.8, 4) is 11.4 Å². The Morgan fingerprint density at radius 2 is 1.80 bits per heavy atom. The average Bonchev–Trinajstić information content (AvgIpc) is 2.89. The van der Waals surface area contributed by atoms with E-state index < -0.39 is 5.82 Å². The predicted octanol–water partition coefficient (Wildman–Crippen LogP) is 5.15. The van der Waals surface area contributed by atoms with E-state index in [4.69, 9.17) is 16.3 Å². The molecule has 0 fully saturated rings. The molecule has 1 aromatic heterocycles. The number of benzene rings is 2. The van der Waals surface area contributed by atoms with Crippen molar-refractivity contribution < 1.29 is 13.9 Å². The summed E-state index contributed by atoms with van der Waals surface area (Å²) in [5.74, 6) is -0.610. The fraction of sp³-hybridized carbons (Fsp3) is 0.150. The highest BCUT2D eigenvalue weighted by Crippen LogP contribution is 2.23. The largest absolute Gasteiger partial charge is 0.482 e. The minimum absolute atomic E-state index is 0.0716. The Bertz CT molecular complexity index is 916. The predicted molar refractivity (Wildman–Crippen MR) is 96.5 cm³/mol. The second-order valence-corrected chi connectivity index (χ2v) is 6.18. The Balaban J connectivity index is 1.83. The van der Waals surface area contributed by atoms with Crippen molar-refractivity contribution in [3.63, 3.8) is 0 Å². The summed E-state index contributed by atoms with van der Waals surface area (Å²) in [5.41, 5.74) is 3.22. The van der Waals surface area contributed by atoms with E-state index in [1.807, 2.05) is 36.6 Å². The van der Waals surface area contributed by atoms with Gasteiger partial charge in [0.2, 0.25) is 5.78 Å². The molecule has 0 radical (unpaired) electrons. The lowest BCUT2D eigenvalue weighted by Gasteiger charge is -2.10. The van der Waals surface area contributed by atoms with Crippen LogP contribution in [0.2, 0.25) is 5.02 Å². The van der Waals surface area contributed by atoms with Gasteiger partial charge >= 0.3 is 0 Å². The van der Waals surface area contributed by atoms with Gasteiger partial charge in [-0.05, 0) is 56.3 Å². The average molecular weight is 358 g/mol. The number of para-hydroxylation sites is 1. The number of aryl methyl sites for hydroxylation is 1. The molecule has 0 spiro atoms. The molecule has 5 heteroatoms. The van der Waals surface area contributed by atoms with Gasteiger partial charge in [0.25, 0.3) is 0 Å². The van der Waals surface area contributed by atoms with Crippen LogP contribution in [0.3, 0.4) is 0 Å². The molecule has 0 amide bonds. The highest BCUT2D eigenvalue weighted by atomic mass is 35.5. The number of halogens is 2. The molecule has 0 N–H and O–H groups in total. The molecule has 0 saturated heterocycles. The number of ketones is 1. The van der Waals surface area contributed by atoms with E-state index >= 15 is 0 Å². The van der Waals surface area contributed by atoms with Crippen LogP contribution in [0.1, 0.15) is 21.7 Å². The topological polar surface area (TPSA) is 31.2 Å². The van der Waals surface area contributed by atoms with Crippen molar-refractivity contribution >= 4 is 17.4 Å². The maximum absolute atomic E-state index is 13.6. The van der Waals surface area contributed by atoms with Crippen LogP contribution in [-0.2, 0) is 0 Å². The third-order valence-electron chi connectivity index (χ3n) is 4.01. The first kappa shape index (κ1) is 17.2. The van der Waals surface area contributed by atoms with Crippen LogP contribution in [0.4, 0.5) is 4.39 Å². The summed E-state index contributed by atoms with van der Waals surface area (Å²) in [6, 6.07) is 15.2. The van der Waals surface area contributed by atoms with Gasteiger partial charge in [0.15, 0.2) is 18.2 Å². The van der Waals surface area contributed by atoms with E-state index in [0.29, 0.717) is 10.6 Å². The lowest BCUT2D eigenvalue weighted by molar-refractivity contribution is 0.0918. The lowest BCUT2D eigenvalue weighted by Crippen LogP contribution is -2.13. The van der Waals surface area contributed by atoms with E-state index in [9.17, 15) is 9.18 Å². The first-order valence-corrected chi connectivity index (χ1v) is 8.20. The molecular weight excluding hydrogens is 341 g/mol. The number of nitrogens with zero attached hydrogens (tertiary/aromatic N) is 1. The molecule has 3 rings (SSSR count). The zero-order chi connectivity index (χ0) is 18.0. The summed E-state index contributed by atoms with van der Waals surface area (Å²) in [7, 11) is 0. The molecule has 2 aromatic carbocycles. The van der Waals surface area contributed by atoms with Gasteiger partial charge in [0.05, 0.1) is 0 Å². The van der Waals surface area contributed by atoms with Crippen molar-refractivity contribution in [3.05, 3.63) is 82.4 Å². The monoisotopic (exact) mass is 357 g/mol. The first-order chi connectivity index (χ1) is 12.0. The van der Waals surface area contributed by atoms with Gasteiger partial charge in [-0.2, -0.15) is 0 Å². The molecule has 0 aliphatic heterocycles. The quantitative estimate of drug-likeness (QED) is 0.591. The van der Waals surface area contributed by atoms with Crippen LogP contribution in [0.5, 0.6) is 5.75 Å². The SMILES string of the molecule is Cc1cc(C(=O)COc2ccccc2F)c(C)n1-c1ccc(Cl)cc1. The van der Waals surface area contributed by atoms with E-state index in [-0.39, 0.29) is 18.1 Å². The Morgan fingerprint density at radius 3 is 2.48 bits per heavy atom. The van der Waals surface area contributed by atoms with Gasteiger partial charge in [-0.25, -0.2) is 4.39 Å². The summed E-state index contributed by atoms with van der Waals surface area (Å²) in [6.07, 6.45) is 0. The molecule has 3 aromatic rings. The maximum atomic E-state index is 13.6. The first-order valence-electron chi connectivity index (χ1n) is 7.83. The second-order valence-electron chi connectivity index (χ2n) is 5.74. The number of ether oxygens (including phenoxy) is 1. The standard InChI is InChI=1S/C20H17ClFNO2/c1-13-11-17(14(2)23(13)16-9-7-15(21)8-10-16)19(24)12-25-20-6-4-3-5-18(20)22/h3-11H,12H2,1-2H3. The van der Waals surface area contributed by atoms with Crippen LogP contribution in [0, 0.1) is 19.7 Å². The highest BCUT2D eigenvalue weighted by Gasteiger charge is 2.17. The van der Waals surface area contributed by atoms with Gasteiger partial charge in [0, 0.05) is 27.7 Å². The van der Waals surface area contributed by atoms with Gasteiger partial charge in [-0.15, -0.1) is 0 Å². The smallest absolute Gasteiger partial charge is 0.202 e. The van der Waals surface area contributed by atoms with E-state index in [0.717, 1.165) is 17.1 Å². The van der Waals surface area contributed by atoms with Crippen molar-refractivity contribution in [1.29, 1.82) is 0 Å². The normalized spacial score (nSPS) is 10.7. The van der Waals surface area contributed by atoms with Crippen molar-refractivity contribution in [2.45, 2.75) is 13.8 Å². The fourth-order valence-electron chi connectivity index (χ4n) is 2.82. The van der Waals surface area contributed by atoms with Crippen LogP contribution in [-0.4, -0.2) is 17.0 Å². The molecule has 3 nitrogen and oxygen atoms in total. The number of carbonyl (C=O) groups is 1. The van der Waals surface area contributed by atoms with Gasteiger partial charge in [-0.3, -0.25) is 4.79 Å². The molecule has 1 heterocycles. The molecule has 0 saturated carbocycles. The van der Waals surface area contributed by atoms with Crippen LogP contribution >= 0.6 is 11.6 Å². The number of aromatic nitrogens is 1. The van der Waals surface area contributed by atoms with E-state index in [2.05, 4.69) is 0 Å². The second kappa shape index (κ2) is 7.11. The summed E-state index contributed by atoms with van der Waals surface area (Å²) >= 11 is 5.94. The van der Waals surface area contributed by atoms with Crippen molar-refractivity contribution in [1.82, 2.24) is 4.57 Å². The number of hydrogen-bond donors (Lipinski definition) is 0. The molecule has 0 atom stereocenters. The maximum Gasteiger partial charge on any atom is 0.202 e. The molecule has 0 unspecified atom stereocenters. The van der Waals surface area contributed by atoms with E-state index in [1.165, 1.54) is 12.1 Å².